The van der Waals surface area contributed by atoms with Crippen molar-refractivity contribution in [2.75, 3.05) is 16.8 Å². The molecule has 7 nitrogen and oxygen atoms in total. The number of rotatable bonds is 10. The van der Waals surface area contributed by atoms with Gasteiger partial charge in [0.1, 0.15) is 17.4 Å². The van der Waals surface area contributed by atoms with E-state index in [0.717, 1.165) is 37.0 Å². The lowest BCUT2D eigenvalue weighted by Crippen LogP contribution is -2.32. The summed E-state index contributed by atoms with van der Waals surface area (Å²) < 4.78 is 56.0. The normalized spacial score (nSPS) is 15.2. The predicted molar refractivity (Wildman–Crippen MR) is 153 cm³/mol. The minimum atomic E-state index is -4.44. The molecular formula is C31H33F4N7. The molecule has 2 aromatic carbocycles. The van der Waals surface area contributed by atoms with E-state index in [1.807, 2.05) is 35.5 Å². The highest BCUT2D eigenvalue weighted by atomic mass is 19.4. The molecular weight excluding hydrogens is 546 g/mol. The Balaban J connectivity index is 1.67. The van der Waals surface area contributed by atoms with Gasteiger partial charge in [-0.05, 0) is 74.4 Å². The van der Waals surface area contributed by atoms with Crippen LogP contribution in [0, 0.1) is 23.1 Å². The molecule has 4 aromatic rings. The fraction of sp³-hybridized carbons (Fsp3) is 0.419. The van der Waals surface area contributed by atoms with Gasteiger partial charge >= 0.3 is 6.18 Å². The summed E-state index contributed by atoms with van der Waals surface area (Å²) in [6.07, 6.45) is -0.334. The lowest BCUT2D eigenvalue weighted by atomic mass is 9.80. The van der Waals surface area contributed by atoms with Gasteiger partial charge in [-0.25, -0.2) is 4.39 Å². The van der Waals surface area contributed by atoms with Gasteiger partial charge in [0, 0.05) is 12.6 Å². The number of anilines is 2. The van der Waals surface area contributed by atoms with Crippen LogP contribution in [0.4, 0.5) is 29.3 Å². The summed E-state index contributed by atoms with van der Waals surface area (Å²) in [6.45, 7) is 6.80. The van der Waals surface area contributed by atoms with Crippen molar-refractivity contribution in [3.8, 4) is 6.07 Å². The van der Waals surface area contributed by atoms with E-state index in [-0.39, 0.29) is 30.3 Å². The Morgan fingerprint density at radius 1 is 1.10 bits per heavy atom. The highest BCUT2D eigenvalue weighted by Crippen LogP contribution is 2.36. The van der Waals surface area contributed by atoms with E-state index < -0.39 is 11.7 Å². The average molecular weight is 580 g/mol. The maximum Gasteiger partial charge on any atom is 0.416 e. The summed E-state index contributed by atoms with van der Waals surface area (Å²) in [4.78, 5) is 15.9. The van der Waals surface area contributed by atoms with Crippen LogP contribution in [0.15, 0.2) is 48.5 Å². The van der Waals surface area contributed by atoms with Crippen molar-refractivity contribution in [1.82, 2.24) is 19.5 Å². The number of aromatic nitrogens is 4. The number of benzene rings is 2. The van der Waals surface area contributed by atoms with Gasteiger partial charge in [0.25, 0.3) is 0 Å². The number of nitrogens with one attached hydrogen (secondary N) is 1. The first-order valence-corrected chi connectivity index (χ1v) is 14.2. The molecule has 1 N–H and O–H groups in total. The first-order chi connectivity index (χ1) is 20.1. The number of hydrogen-bond acceptors (Lipinski definition) is 6. The maximum absolute atomic E-state index is 14.2. The van der Waals surface area contributed by atoms with Gasteiger partial charge in [-0.1, -0.05) is 37.6 Å². The van der Waals surface area contributed by atoms with E-state index >= 15 is 0 Å². The molecule has 0 bridgehead atoms. The van der Waals surface area contributed by atoms with Crippen LogP contribution < -0.4 is 10.2 Å². The summed E-state index contributed by atoms with van der Waals surface area (Å²) in [5.74, 6) is 1.05. The number of imidazole rings is 1. The largest absolute Gasteiger partial charge is 0.416 e. The van der Waals surface area contributed by atoms with Crippen molar-refractivity contribution < 1.29 is 17.6 Å². The molecule has 0 unspecified atom stereocenters. The minimum absolute atomic E-state index is 0.0308. The zero-order chi connectivity index (χ0) is 30.0. The minimum Gasteiger partial charge on any atom is -0.365 e. The fourth-order valence-corrected chi connectivity index (χ4v) is 5.45. The monoisotopic (exact) mass is 579 g/mol. The standard InChI is InChI=1S/C31H33F4N7/c1-4-15-41(20(3)23-9-6-10-25(32)16-23)30-40-29-27(42(30)18-21-11-13-24(14-12-21)31(33,34)35)28(38-26(17-36)39-29)37-19(2)22-7-5-8-22/h6,9-14,16,19-20,22H,4-5,7-8,15,18H2,1-3H3,(H,37,38,39)/t19-,20+/m1/s1. The molecule has 5 rings (SSSR count). The molecule has 2 heterocycles. The van der Waals surface area contributed by atoms with Crippen LogP contribution in [0.1, 0.15) is 75.0 Å². The van der Waals surface area contributed by atoms with Gasteiger partial charge in [-0.3, -0.25) is 0 Å². The zero-order valence-corrected chi connectivity index (χ0v) is 23.8. The van der Waals surface area contributed by atoms with Crippen molar-refractivity contribution in [2.24, 2.45) is 5.92 Å². The molecule has 2 atom stereocenters. The zero-order valence-electron chi connectivity index (χ0n) is 23.8. The Bertz CT molecular complexity index is 1590. The van der Waals surface area contributed by atoms with Gasteiger partial charge in [0.2, 0.25) is 11.8 Å². The number of nitrogens with zero attached hydrogens (tertiary/aromatic N) is 6. The molecule has 1 fully saturated rings. The first-order valence-electron chi connectivity index (χ1n) is 14.2. The van der Waals surface area contributed by atoms with E-state index in [1.54, 1.807) is 6.07 Å². The van der Waals surface area contributed by atoms with Crippen LogP contribution in [0.25, 0.3) is 11.2 Å². The summed E-state index contributed by atoms with van der Waals surface area (Å²) >= 11 is 0. The third-order valence-corrected chi connectivity index (χ3v) is 8.05. The molecule has 0 radical (unpaired) electrons. The number of alkyl halides is 3. The highest BCUT2D eigenvalue weighted by molar-refractivity contribution is 5.86. The molecule has 42 heavy (non-hydrogen) atoms. The Kier molecular flexibility index (Phi) is 8.34. The third kappa shape index (κ3) is 6.03. The van der Waals surface area contributed by atoms with E-state index in [0.29, 0.717) is 41.0 Å². The average Bonchev–Trinajstić information content (AvgIpc) is 3.27. The van der Waals surface area contributed by atoms with Crippen molar-refractivity contribution >= 4 is 22.9 Å². The summed E-state index contributed by atoms with van der Waals surface area (Å²) in [5.41, 5.74) is 1.51. The molecule has 0 saturated heterocycles. The molecule has 1 saturated carbocycles. The lowest BCUT2D eigenvalue weighted by Gasteiger charge is -2.32. The smallest absolute Gasteiger partial charge is 0.365 e. The third-order valence-electron chi connectivity index (χ3n) is 8.05. The van der Waals surface area contributed by atoms with Crippen LogP contribution in [-0.2, 0) is 12.7 Å². The maximum atomic E-state index is 14.2. The van der Waals surface area contributed by atoms with Gasteiger partial charge in [0.05, 0.1) is 18.2 Å². The van der Waals surface area contributed by atoms with Crippen LogP contribution in [0.5, 0.6) is 0 Å². The Labute approximate surface area is 242 Å². The number of halogens is 4. The van der Waals surface area contributed by atoms with E-state index in [4.69, 9.17) is 4.98 Å². The van der Waals surface area contributed by atoms with Gasteiger partial charge < -0.3 is 14.8 Å². The van der Waals surface area contributed by atoms with Gasteiger partial charge in [-0.15, -0.1) is 0 Å². The van der Waals surface area contributed by atoms with Gasteiger partial charge in [-0.2, -0.15) is 33.4 Å². The summed E-state index contributed by atoms with van der Waals surface area (Å²) in [7, 11) is 0. The number of fused-ring (bicyclic) bond motifs is 1. The van der Waals surface area contributed by atoms with Crippen LogP contribution in [0.2, 0.25) is 0 Å². The van der Waals surface area contributed by atoms with Crippen molar-refractivity contribution in [3.63, 3.8) is 0 Å². The van der Waals surface area contributed by atoms with Crippen LogP contribution >= 0.6 is 0 Å². The second kappa shape index (κ2) is 12.0. The quantitative estimate of drug-likeness (QED) is 0.196. The molecule has 0 amide bonds. The number of hydrogen-bond donors (Lipinski definition) is 1. The van der Waals surface area contributed by atoms with Gasteiger partial charge in [0.15, 0.2) is 11.5 Å². The Hall–Kier alpha value is -4.20. The molecule has 0 aliphatic heterocycles. The molecule has 2 aromatic heterocycles. The molecule has 0 spiro atoms. The second-order valence-electron chi connectivity index (χ2n) is 10.9. The van der Waals surface area contributed by atoms with Crippen molar-refractivity contribution in [3.05, 3.63) is 76.9 Å². The first kappa shape index (κ1) is 29.3. The predicted octanol–water partition coefficient (Wildman–Crippen LogP) is 7.48. The van der Waals surface area contributed by atoms with E-state index in [9.17, 15) is 22.8 Å². The number of nitriles is 1. The SMILES string of the molecule is CCCN(c1nc2nc(C#N)nc(N[C@H](C)C3CCC3)c2n1Cc1ccc(C(F)(F)F)cc1)[C@@H](C)c1cccc(F)c1. The van der Waals surface area contributed by atoms with E-state index in [2.05, 4.69) is 22.2 Å². The highest BCUT2D eigenvalue weighted by Gasteiger charge is 2.31. The summed E-state index contributed by atoms with van der Waals surface area (Å²) in [6, 6.07) is 13.2. The second-order valence-corrected chi connectivity index (χ2v) is 10.9. The molecule has 11 heteroatoms. The van der Waals surface area contributed by atoms with Crippen LogP contribution in [0.3, 0.4) is 0 Å². The van der Waals surface area contributed by atoms with Crippen LogP contribution in [-0.4, -0.2) is 32.1 Å². The fourth-order valence-electron chi connectivity index (χ4n) is 5.45. The molecule has 1 aliphatic carbocycles. The molecule has 220 valence electrons. The van der Waals surface area contributed by atoms with Crippen molar-refractivity contribution in [2.45, 2.75) is 71.3 Å². The summed E-state index contributed by atoms with van der Waals surface area (Å²) in [5, 5.41) is 13.2. The lowest BCUT2D eigenvalue weighted by molar-refractivity contribution is -0.137. The Morgan fingerprint density at radius 3 is 2.43 bits per heavy atom. The van der Waals surface area contributed by atoms with Crippen molar-refractivity contribution in [1.29, 1.82) is 5.26 Å². The molecule has 1 aliphatic rings. The topological polar surface area (TPSA) is 82.7 Å². The van der Waals surface area contributed by atoms with E-state index in [1.165, 1.54) is 30.7 Å². The Morgan fingerprint density at radius 2 is 1.83 bits per heavy atom.